The minimum Gasteiger partial charge on any atom is -0.380 e. The summed E-state index contributed by atoms with van der Waals surface area (Å²) in [6.45, 7) is 0.357. The van der Waals surface area contributed by atoms with Gasteiger partial charge >= 0.3 is 0 Å². The highest BCUT2D eigenvalue weighted by Crippen LogP contribution is 2.08. The second-order valence-electron chi connectivity index (χ2n) is 2.41. The van der Waals surface area contributed by atoms with E-state index in [2.05, 4.69) is 0 Å². The van der Waals surface area contributed by atoms with Crippen LogP contribution in [0.25, 0.3) is 0 Å². The molecular formula is C9H9FO2. The van der Waals surface area contributed by atoms with Gasteiger partial charge in [-0.3, -0.25) is 4.79 Å². The molecule has 0 aliphatic carbocycles. The van der Waals surface area contributed by atoms with Crippen LogP contribution in [0.1, 0.15) is 15.9 Å². The third-order valence-corrected chi connectivity index (χ3v) is 1.50. The molecule has 0 saturated carbocycles. The Morgan fingerprint density at radius 2 is 2.33 bits per heavy atom. The SMILES string of the molecule is COCc1ccc(C=O)c(F)c1. The topological polar surface area (TPSA) is 26.3 Å². The predicted molar refractivity (Wildman–Crippen MR) is 42.5 cm³/mol. The van der Waals surface area contributed by atoms with Crippen molar-refractivity contribution >= 4 is 6.29 Å². The van der Waals surface area contributed by atoms with E-state index in [1.165, 1.54) is 19.2 Å². The van der Waals surface area contributed by atoms with Crippen molar-refractivity contribution in [2.24, 2.45) is 0 Å². The van der Waals surface area contributed by atoms with Gasteiger partial charge in [-0.25, -0.2) is 4.39 Å². The lowest BCUT2D eigenvalue weighted by Crippen LogP contribution is -1.92. The van der Waals surface area contributed by atoms with Crippen molar-refractivity contribution in [2.45, 2.75) is 6.61 Å². The minimum absolute atomic E-state index is 0.0786. The molecule has 0 aliphatic rings. The maximum absolute atomic E-state index is 12.9. The van der Waals surface area contributed by atoms with E-state index in [4.69, 9.17) is 4.74 Å². The van der Waals surface area contributed by atoms with Gasteiger partial charge in [0.25, 0.3) is 0 Å². The van der Waals surface area contributed by atoms with Crippen molar-refractivity contribution in [1.82, 2.24) is 0 Å². The summed E-state index contributed by atoms with van der Waals surface area (Å²) < 4.78 is 17.7. The van der Waals surface area contributed by atoms with Crippen LogP contribution >= 0.6 is 0 Å². The van der Waals surface area contributed by atoms with Gasteiger partial charge in [0.2, 0.25) is 0 Å². The molecule has 0 aliphatic heterocycles. The molecule has 0 unspecified atom stereocenters. The Morgan fingerprint density at radius 1 is 1.58 bits per heavy atom. The van der Waals surface area contributed by atoms with Crippen molar-refractivity contribution < 1.29 is 13.9 Å². The number of benzene rings is 1. The van der Waals surface area contributed by atoms with Gasteiger partial charge in [-0.1, -0.05) is 6.07 Å². The summed E-state index contributed by atoms with van der Waals surface area (Å²) in [4.78, 5) is 10.2. The van der Waals surface area contributed by atoms with Gasteiger partial charge in [-0.2, -0.15) is 0 Å². The van der Waals surface area contributed by atoms with E-state index in [1.807, 2.05) is 0 Å². The Kier molecular flexibility index (Phi) is 2.94. The Morgan fingerprint density at radius 3 is 2.83 bits per heavy atom. The number of halogens is 1. The number of carbonyl (C=O) groups is 1. The molecule has 0 heterocycles. The fourth-order valence-corrected chi connectivity index (χ4v) is 0.923. The number of hydrogen-bond acceptors (Lipinski definition) is 2. The molecule has 0 fully saturated rings. The van der Waals surface area contributed by atoms with E-state index >= 15 is 0 Å². The first kappa shape index (κ1) is 8.87. The number of carbonyl (C=O) groups excluding carboxylic acids is 1. The fraction of sp³-hybridized carbons (Fsp3) is 0.222. The maximum Gasteiger partial charge on any atom is 0.152 e. The molecule has 64 valence electrons. The van der Waals surface area contributed by atoms with E-state index in [0.29, 0.717) is 12.9 Å². The molecule has 12 heavy (non-hydrogen) atoms. The highest BCUT2D eigenvalue weighted by Gasteiger charge is 2.01. The molecule has 0 saturated heterocycles. The smallest absolute Gasteiger partial charge is 0.152 e. The Hall–Kier alpha value is -1.22. The van der Waals surface area contributed by atoms with E-state index in [-0.39, 0.29) is 5.56 Å². The molecule has 0 radical (unpaired) electrons. The monoisotopic (exact) mass is 168 g/mol. The van der Waals surface area contributed by atoms with Crippen LogP contribution in [0, 0.1) is 5.82 Å². The highest BCUT2D eigenvalue weighted by atomic mass is 19.1. The van der Waals surface area contributed by atoms with Crippen LogP contribution in [0.3, 0.4) is 0 Å². The van der Waals surface area contributed by atoms with Gasteiger partial charge in [-0.05, 0) is 17.7 Å². The minimum atomic E-state index is -0.500. The molecule has 1 rings (SSSR count). The fourth-order valence-electron chi connectivity index (χ4n) is 0.923. The zero-order valence-electron chi connectivity index (χ0n) is 6.71. The molecule has 2 nitrogen and oxygen atoms in total. The predicted octanol–water partition coefficient (Wildman–Crippen LogP) is 1.78. The molecule has 0 aromatic heterocycles. The summed E-state index contributed by atoms with van der Waals surface area (Å²) in [7, 11) is 1.53. The quantitative estimate of drug-likeness (QED) is 0.643. The molecule has 1 aromatic carbocycles. The lowest BCUT2D eigenvalue weighted by atomic mass is 10.1. The van der Waals surface area contributed by atoms with E-state index in [1.54, 1.807) is 6.07 Å². The van der Waals surface area contributed by atoms with Gasteiger partial charge in [-0.15, -0.1) is 0 Å². The van der Waals surface area contributed by atoms with Crippen LogP contribution in [0.15, 0.2) is 18.2 Å². The summed E-state index contributed by atoms with van der Waals surface area (Å²) in [5.41, 5.74) is 0.801. The molecular weight excluding hydrogens is 159 g/mol. The summed E-state index contributed by atoms with van der Waals surface area (Å²) in [6, 6.07) is 4.40. The summed E-state index contributed by atoms with van der Waals surface area (Å²) >= 11 is 0. The molecule has 0 amide bonds. The molecule has 0 N–H and O–H groups in total. The number of aldehydes is 1. The third kappa shape index (κ3) is 1.89. The number of hydrogen-bond donors (Lipinski definition) is 0. The van der Waals surface area contributed by atoms with Crippen LogP contribution in [-0.2, 0) is 11.3 Å². The first-order valence-electron chi connectivity index (χ1n) is 3.50. The van der Waals surface area contributed by atoms with Gasteiger partial charge < -0.3 is 4.74 Å². The largest absolute Gasteiger partial charge is 0.380 e. The van der Waals surface area contributed by atoms with Gasteiger partial charge in [0, 0.05) is 7.11 Å². The average Bonchev–Trinajstić information content (AvgIpc) is 2.05. The molecule has 0 atom stereocenters. The van der Waals surface area contributed by atoms with Gasteiger partial charge in [0.05, 0.1) is 12.2 Å². The number of ether oxygens (including phenoxy) is 1. The lowest BCUT2D eigenvalue weighted by molar-refractivity contribution is 0.111. The van der Waals surface area contributed by atoms with Crippen molar-refractivity contribution in [1.29, 1.82) is 0 Å². The van der Waals surface area contributed by atoms with Crippen molar-refractivity contribution in [3.05, 3.63) is 35.1 Å². The summed E-state index contributed by atoms with van der Waals surface area (Å²) in [5.74, 6) is -0.500. The molecule has 3 heteroatoms. The number of methoxy groups -OCH3 is 1. The summed E-state index contributed by atoms with van der Waals surface area (Å²) in [6.07, 6.45) is 0.492. The first-order chi connectivity index (χ1) is 5.77. The summed E-state index contributed by atoms with van der Waals surface area (Å²) in [5, 5.41) is 0. The second kappa shape index (κ2) is 3.97. The van der Waals surface area contributed by atoms with E-state index in [9.17, 15) is 9.18 Å². The first-order valence-corrected chi connectivity index (χ1v) is 3.50. The van der Waals surface area contributed by atoms with Crippen LogP contribution in [0.4, 0.5) is 4.39 Å². The van der Waals surface area contributed by atoms with Gasteiger partial charge in [0.15, 0.2) is 6.29 Å². The van der Waals surface area contributed by atoms with Crippen LogP contribution in [-0.4, -0.2) is 13.4 Å². The van der Waals surface area contributed by atoms with E-state index < -0.39 is 5.82 Å². The van der Waals surface area contributed by atoms with Crippen molar-refractivity contribution in [2.75, 3.05) is 7.11 Å². The van der Waals surface area contributed by atoms with Crippen molar-refractivity contribution in [3.63, 3.8) is 0 Å². The second-order valence-corrected chi connectivity index (χ2v) is 2.41. The molecule has 0 bridgehead atoms. The Labute approximate surface area is 70.0 Å². The zero-order chi connectivity index (χ0) is 8.97. The van der Waals surface area contributed by atoms with Crippen LogP contribution in [0.2, 0.25) is 0 Å². The molecule has 0 spiro atoms. The average molecular weight is 168 g/mol. The standard InChI is InChI=1S/C9H9FO2/c1-12-6-7-2-3-8(5-11)9(10)4-7/h2-5H,6H2,1H3. The maximum atomic E-state index is 12.9. The highest BCUT2D eigenvalue weighted by molar-refractivity contribution is 5.75. The lowest BCUT2D eigenvalue weighted by Gasteiger charge is -2.00. The van der Waals surface area contributed by atoms with Crippen LogP contribution in [0.5, 0.6) is 0 Å². The van der Waals surface area contributed by atoms with E-state index in [0.717, 1.165) is 5.56 Å². The van der Waals surface area contributed by atoms with Crippen LogP contribution < -0.4 is 0 Å². The zero-order valence-corrected chi connectivity index (χ0v) is 6.71. The van der Waals surface area contributed by atoms with Crippen molar-refractivity contribution in [3.8, 4) is 0 Å². The Balaban J connectivity index is 2.93. The Bertz CT molecular complexity index is 284. The third-order valence-electron chi connectivity index (χ3n) is 1.50. The van der Waals surface area contributed by atoms with Gasteiger partial charge in [0.1, 0.15) is 5.82 Å². The normalized spacial score (nSPS) is 9.83. The molecule has 1 aromatic rings. The number of rotatable bonds is 3.